The molecule has 124 valence electrons. The van der Waals surface area contributed by atoms with Gasteiger partial charge in [-0.15, -0.1) is 0 Å². The number of carbonyl (C=O) groups excluding carboxylic acids is 2. The third kappa shape index (κ3) is 2.50. The van der Waals surface area contributed by atoms with E-state index in [1.54, 1.807) is 0 Å². The highest BCUT2D eigenvalue weighted by Gasteiger charge is 2.51. The van der Waals surface area contributed by atoms with E-state index in [1.165, 1.54) is 17.7 Å². The molecule has 2 aliphatic heterocycles. The lowest BCUT2D eigenvalue weighted by atomic mass is 9.88. The highest BCUT2D eigenvalue weighted by atomic mass is 16.5. The predicted octanol–water partition coefficient (Wildman–Crippen LogP) is 0.901. The number of nitrogens with one attached hydrogen (secondary N) is 2. The molecule has 0 radical (unpaired) electrons. The number of rotatable bonds is 3. The number of carbonyl (C=O) groups is 2. The van der Waals surface area contributed by atoms with Gasteiger partial charge in [-0.25, -0.2) is 4.79 Å². The summed E-state index contributed by atoms with van der Waals surface area (Å²) in [5.74, 6) is 1.20. The topological polar surface area (TPSA) is 100 Å². The Labute approximate surface area is 134 Å². The molecule has 2 N–H and O–H groups in total. The first kappa shape index (κ1) is 14.6. The molecule has 3 aliphatic rings. The average Bonchev–Trinajstić information content (AvgIpc) is 3.27. The molecule has 0 atom stereocenters. The van der Waals surface area contributed by atoms with E-state index in [0.717, 1.165) is 25.9 Å². The van der Waals surface area contributed by atoms with Crippen molar-refractivity contribution in [3.05, 3.63) is 11.7 Å². The predicted molar refractivity (Wildman–Crippen MR) is 79.4 cm³/mol. The Balaban J connectivity index is 1.48. The highest BCUT2D eigenvalue weighted by Crippen LogP contribution is 2.33. The van der Waals surface area contributed by atoms with E-state index in [2.05, 4.69) is 20.8 Å². The van der Waals surface area contributed by atoms with Gasteiger partial charge in [0.25, 0.3) is 5.91 Å². The van der Waals surface area contributed by atoms with Crippen molar-refractivity contribution < 1.29 is 14.1 Å². The van der Waals surface area contributed by atoms with Gasteiger partial charge in [-0.1, -0.05) is 18.0 Å². The van der Waals surface area contributed by atoms with Crippen molar-refractivity contribution in [2.24, 2.45) is 0 Å². The highest BCUT2D eigenvalue weighted by molar-refractivity contribution is 6.07. The lowest BCUT2D eigenvalue weighted by Gasteiger charge is -2.30. The maximum absolute atomic E-state index is 12.7. The smallest absolute Gasteiger partial charge is 0.325 e. The Hall–Kier alpha value is -1.96. The van der Waals surface area contributed by atoms with Gasteiger partial charge in [0.05, 0.1) is 6.54 Å². The normalized spacial score (nSPS) is 24.6. The van der Waals surface area contributed by atoms with E-state index in [9.17, 15) is 9.59 Å². The van der Waals surface area contributed by atoms with Crippen LogP contribution in [0.3, 0.4) is 0 Å². The summed E-state index contributed by atoms with van der Waals surface area (Å²) in [7, 11) is 0. The monoisotopic (exact) mass is 319 g/mol. The lowest BCUT2D eigenvalue weighted by Crippen LogP contribution is -2.53. The Kier molecular flexibility index (Phi) is 3.56. The minimum absolute atomic E-state index is 0.0794. The first-order valence-corrected chi connectivity index (χ1v) is 8.35. The van der Waals surface area contributed by atoms with Crippen LogP contribution in [-0.4, -0.2) is 45.6 Å². The van der Waals surface area contributed by atoms with Crippen molar-refractivity contribution >= 4 is 11.9 Å². The molecular formula is C15H21N5O3. The zero-order valence-corrected chi connectivity index (χ0v) is 13.0. The molecule has 3 fully saturated rings. The second-order valence-corrected chi connectivity index (χ2v) is 6.68. The van der Waals surface area contributed by atoms with Crippen LogP contribution >= 0.6 is 0 Å². The number of urea groups is 1. The van der Waals surface area contributed by atoms with Gasteiger partial charge in [-0.3, -0.25) is 9.69 Å². The number of nitrogens with zero attached hydrogens (tertiary/aromatic N) is 3. The van der Waals surface area contributed by atoms with E-state index < -0.39 is 5.54 Å². The van der Waals surface area contributed by atoms with E-state index in [0.29, 0.717) is 30.5 Å². The molecule has 1 aromatic rings. The van der Waals surface area contributed by atoms with Crippen molar-refractivity contribution in [3.8, 4) is 0 Å². The zero-order valence-electron chi connectivity index (χ0n) is 13.0. The fourth-order valence-corrected chi connectivity index (χ4v) is 3.82. The lowest BCUT2D eigenvalue weighted by molar-refractivity contribution is -0.132. The van der Waals surface area contributed by atoms with Crippen LogP contribution in [0.4, 0.5) is 4.79 Å². The largest absolute Gasteiger partial charge is 0.339 e. The first-order valence-electron chi connectivity index (χ1n) is 8.35. The van der Waals surface area contributed by atoms with E-state index in [1.807, 2.05) is 0 Å². The summed E-state index contributed by atoms with van der Waals surface area (Å²) in [4.78, 5) is 30.5. The zero-order chi connectivity index (χ0) is 15.9. The van der Waals surface area contributed by atoms with Gasteiger partial charge < -0.3 is 15.2 Å². The molecule has 8 heteroatoms. The molecule has 1 aromatic heterocycles. The third-order valence-electron chi connectivity index (χ3n) is 5.19. The van der Waals surface area contributed by atoms with Crippen LogP contribution in [0.1, 0.15) is 56.2 Å². The summed E-state index contributed by atoms with van der Waals surface area (Å²) in [5, 5.41) is 10.0. The number of amides is 3. The van der Waals surface area contributed by atoms with Gasteiger partial charge in [0, 0.05) is 5.92 Å². The molecule has 1 aliphatic carbocycles. The van der Waals surface area contributed by atoms with Crippen LogP contribution in [-0.2, 0) is 11.3 Å². The van der Waals surface area contributed by atoms with E-state index in [4.69, 9.17) is 4.52 Å². The van der Waals surface area contributed by atoms with E-state index in [-0.39, 0.29) is 18.5 Å². The van der Waals surface area contributed by atoms with Crippen molar-refractivity contribution in [1.82, 2.24) is 25.7 Å². The molecule has 2 saturated heterocycles. The molecule has 0 bridgehead atoms. The van der Waals surface area contributed by atoms with Crippen LogP contribution in [0.5, 0.6) is 0 Å². The number of hydrogen-bond acceptors (Lipinski definition) is 6. The Morgan fingerprint density at radius 2 is 1.96 bits per heavy atom. The quantitative estimate of drug-likeness (QED) is 0.803. The Morgan fingerprint density at radius 3 is 2.70 bits per heavy atom. The summed E-state index contributed by atoms with van der Waals surface area (Å²) in [6.07, 6.45) is 5.75. The molecule has 4 rings (SSSR count). The molecule has 0 unspecified atom stereocenters. The number of piperidine rings is 1. The molecular weight excluding hydrogens is 298 g/mol. The van der Waals surface area contributed by atoms with Crippen molar-refractivity contribution in [2.75, 3.05) is 13.1 Å². The first-order chi connectivity index (χ1) is 11.2. The minimum atomic E-state index is -0.750. The number of aromatic nitrogens is 2. The molecule has 1 saturated carbocycles. The van der Waals surface area contributed by atoms with Gasteiger partial charge in [0.1, 0.15) is 5.54 Å². The number of hydrogen-bond donors (Lipinski definition) is 2. The van der Waals surface area contributed by atoms with Crippen molar-refractivity contribution in [3.63, 3.8) is 0 Å². The van der Waals surface area contributed by atoms with Crippen molar-refractivity contribution in [1.29, 1.82) is 0 Å². The van der Waals surface area contributed by atoms with Gasteiger partial charge >= 0.3 is 6.03 Å². The SMILES string of the molecule is O=C1NC2(CCNCC2)C(=O)N1Cc1noc(C2CCCC2)n1. The fraction of sp³-hybridized carbons (Fsp3) is 0.733. The van der Waals surface area contributed by atoms with Crippen LogP contribution < -0.4 is 10.6 Å². The summed E-state index contributed by atoms with van der Waals surface area (Å²) in [6.45, 7) is 1.54. The third-order valence-corrected chi connectivity index (χ3v) is 5.19. The summed E-state index contributed by atoms with van der Waals surface area (Å²) >= 11 is 0. The number of imide groups is 1. The van der Waals surface area contributed by atoms with Crippen LogP contribution in [0.25, 0.3) is 0 Å². The Morgan fingerprint density at radius 1 is 1.22 bits per heavy atom. The Bertz CT molecular complexity index is 616. The molecule has 3 heterocycles. The maximum atomic E-state index is 12.7. The van der Waals surface area contributed by atoms with Crippen LogP contribution in [0.2, 0.25) is 0 Å². The fourth-order valence-electron chi connectivity index (χ4n) is 3.82. The van der Waals surface area contributed by atoms with Gasteiger partial charge in [0.2, 0.25) is 5.89 Å². The summed E-state index contributed by atoms with van der Waals surface area (Å²) in [6, 6.07) is -0.357. The summed E-state index contributed by atoms with van der Waals surface area (Å²) < 4.78 is 5.33. The van der Waals surface area contributed by atoms with Crippen LogP contribution in [0, 0.1) is 0 Å². The molecule has 3 amide bonds. The standard InChI is InChI=1S/C15H21N5O3/c21-13-15(5-7-16-8-6-15)18-14(22)20(13)9-11-17-12(23-19-11)10-3-1-2-4-10/h10,16H,1-9H2,(H,18,22). The second kappa shape index (κ2) is 5.59. The maximum Gasteiger partial charge on any atom is 0.325 e. The van der Waals surface area contributed by atoms with Crippen molar-refractivity contribution in [2.45, 2.75) is 56.5 Å². The summed E-state index contributed by atoms with van der Waals surface area (Å²) in [5.41, 5.74) is -0.750. The van der Waals surface area contributed by atoms with Crippen LogP contribution in [0.15, 0.2) is 4.52 Å². The molecule has 0 aromatic carbocycles. The average molecular weight is 319 g/mol. The van der Waals surface area contributed by atoms with Gasteiger partial charge in [-0.2, -0.15) is 4.98 Å². The molecule has 8 nitrogen and oxygen atoms in total. The second-order valence-electron chi connectivity index (χ2n) is 6.68. The molecule has 23 heavy (non-hydrogen) atoms. The molecule has 1 spiro atoms. The van der Waals surface area contributed by atoms with E-state index >= 15 is 0 Å². The van der Waals surface area contributed by atoms with Gasteiger partial charge in [0.15, 0.2) is 5.82 Å². The van der Waals surface area contributed by atoms with Gasteiger partial charge in [-0.05, 0) is 38.8 Å². The minimum Gasteiger partial charge on any atom is -0.339 e.